The molecule has 1 unspecified atom stereocenters. The standard InChI is InChI=1S/C17H19N3O4/c1-4-13(21-7-1)10-20(11-14-5-2-8-22-14)12-16-18-17(19-24-16)15-6-3-9-23-15/h1,3-4,6-7,9,14H,2,5,8,10-12H2. The molecule has 7 nitrogen and oxygen atoms in total. The molecular formula is C17H19N3O4. The van der Waals surface area contributed by atoms with Gasteiger partial charge in [-0.25, -0.2) is 0 Å². The molecule has 0 N–H and O–H groups in total. The van der Waals surface area contributed by atoms with Gasteiger partial charge in [-0.1, -0.05) is 5.16 Å². The van der Waals surface area contributed by atoms with Crippen LogP contribution in [0.25, 0.3) is 11.6 Å². The number of nitrogens with zero attached hydrogens (tertiary/aromatic N) is 3. The molecule has 24 heavy (non-hydrogen) atoms. The lowest BCUT2D eigenvalue weighted by atomic mass is 10.2. The minimum absolute atomic E-state index is 0.243. The van der Waals surface area contributed by atoms with Crippen molar-refractivity contribution in [2.24, 2.45) is 0 Å². The first-order valence-electron chi connectivity index (χ1n) is 8.09. The molecule has 4 heterocycles. The van der Waals surface area contributed by atoms with Crippen molar-refractivity contribution < 1.29 is 18.1 Å². The average molecular weight is 329 g/mol. The molecule has 0 bridgehead atoms. The van der Waals surface area contributed by atoms with Gasteiger partial charge in [0, 0.05) is 13.2 Å². The monoisotopic (exact) mass is 329 g/mol. The fourth-order valence-electron chi connectivity index (χ4n) is 2.90. The summed E-state index contributed by atoms with van der Waals surface area (Å²) < 4.78 is 21.9. The van der Waals surface area contributed by atoms with Gasteiger partial charge >= 0.3 is 0 Å². The average Bonchev–Trinajstić information content (AvgIpc) is 3.37. The van der Waals surface area contributed by atoms with Gasteiger partial charge < -0.3 is 18.1 Å². The molecule has 1 fully saturated rings. The van der Waals surface area contributed by atoms with Crippen LogP contribution in [0, 0.1) is 0 Å². The van der Waals surface area contributed by atoms with E-state index in [9.17, 15) is 0 Å². The van der Waals surface area contributed by atoms with Crippen molar-refractivity contribution in [2.75, 3.05) is 13.2 Å². The minimum atomic E-state index is 0.243. The Hall–Kier alpha value is -2.38. The highest BCUT2D eigenvalue weighted by atomic mass is 16.5. The van der Waals surface area contributed by atoms with Crippen molar-refractivity contribution in [3.05, 3.63) is 48.4 Å². The van der Waals surface area contributed by atoms with Gasteiger partial charge in [-0.05, 0) is 37.1 Å². The number of aromatic nitrogens is 2. The van der Waals surface area contributed by atoms with Crippen molar-refractivity contribution in [1.29, 1.82) is 0 Å². The van der Waals surface area contributed by atoms with Crippen LogP contribution in [-0.4, -0.2) is 34.3 Å². The molecule has 1 aliphatic rings. The van der Waals surface area contributed by atoms with E-state index in [0.29, 0.717) is 30.6 Å². The lowest BCUT2D eigenvalue weighted by Gasteiger charge is -2.22. The smallest absolute Gasteiger partial charge is 0.241 e. The molecule has 0 amide bonds. The summed E-state index contributed by atoms with van der Waals surface area (Å²) in [5.74, 6) is 2.51. The molecule has 7 heteroatoms. The van der Waals surface area contributed by atoms with Gasteiger partial charge in [0.05, 0.1) is 31.7 Å². The Morgan fingerprint density at radius 3 is 2.79 bits per heavy atom. The Labute approximate surface area is 139 Å². The third-order valence-electron chi connectivity index (χ3n) is 4.01. The first-order valence-corrected chi connectivity index (χ1v) is 8.09. The van der Waals surface area contributed by atoms with Gasteiger partial charge in [0.2, 0.25) is 11.7 Å². The predicted octanol–water partition coefficient (Wildman–Crippen LogP) is 3.10. The summed E-state index contributed by atoms with van der Waals surface area (Å²) >= 11 is 0. The molecule has 4 rings (SSSR count). The summed E-state index contributed by atoms with van der Waals surface area (Å²) in [5.41, 5.74) is 0. The Bertz CT molecular complexity index is 730. The topological polar surface area (TPSA) is 77.7 Å². The molecule has 1 saturated heterocycles. The van der Waals surface area contributed by atoms with Gasteiger partial charge in [0.25, 0.3) is 0 Å². The SMILES string of the molecule is c1coc(CN(Cc2nc(-c3ccco3)no2)CC2CCCO2)c1. The van der Waals surface area contributed by atoms with Crippen LogP contribution >= 0.6 is 0 Å². The number of ether oxygens (including phenoxy) is 1. The molecular weight excluding hydrogens is 310 g/mol. The van der Waals surface area contributed by atoms with Crippen LogP contribution in [0.2, 0.25) is 0 Å². The van der Waals surface area contributed by atoms with Crippen molar-refractivity contribution in [3.8, 4) is 11.6 Å². The summed E-state index contributed by atoms with van der Waals surface area (Å²) in [6.07, 6.45) is 5.71. The number of rotatable bonds is 7. The summed E-state index contributed by atoms with van der Waals surface area (Å²) in [7, 11) is 0. The van der Waals surface area contributed by atoms with Crippen LogP contribution < -0.4 is 0 Å². The van der Waals surface area contributed by atoms with E-state index in [1.54, 1.807) is 18.6 Å². The molecule has 0 saturated carbocycles. The Morgan fingerprint density at radius 2 is 2.04 bits per heavy atom. The van der Waals surface area contributed by atoms with E-state index >= 15 is 0 Å². The second-order valence-electron chi connectivity index (χ2n) is 5.87. The molecule has 3 aromatic rings. The normalized spacial score (nSPS) is 17.8. The zero-order chi connectivity index (χ0) is 16.2. The first-order chi connectivity index (χ1) is 11.9. The van der Waals surface area contributed by atoms with Crippen LogP contribution in [0.5, 0.6) is 0 Å². The van der Waals surface area contributed by atoms with E-state index in [0.717, 1.165) is 31.8 Å². The zero-order valence-electron chi connectivity index (χ0n) is 13.3. The molecule has 1 atom stereocenters. The summed E-state index contributed by atoms with van der Waals surface area (Å²) in [5, 5.41) is 3.98. The molecule has 0 radical (unpaired) electrons. The molecule has 1 aliphatic heterocycles. The van der Waals surface area contributed by atoms with Gasteiger partial charge in [0.1, 0.15) is 5.76 Å². The van der Waals surface area contributed by atoms with Crippen LogP contribution in [0.4, 0.5) is 0 Å². The van der Waals surface area contributed by atoms with E-state index in [1.165, 1.54) is 0 Å². The van der Waals surface area contributed by atoms with Crippen molar-refractivity contribution >= 4 is 0 Å². The Balaban J connectivity index is 1.46. The van der Waals surface area contributed by atoms with E-state index in [-0.39, 0.29) is 6.10 Å². The molecule has 3 aromatic heterocycles. The largest absolute Gasteiger partial charge is 0.468 e. The van der Waals surface area contributed by atoms with E-state index in [1.807, 2.05) is 18.2 Å². The van der Waals surface area contributed by atoms with Crippen molar-refractivity contribution in [1.82, 2.24) is 15.0 Å². The summed E-state index contributed by atoms with van der Waals surface area (Å²) in [4.78, 5) is 6.61. The molecule has 0 aliphatic carbocycles. The number of hydrogen-bond donors (Lipinski definition) is 0. The summed E-state index contributed by atoms with van der Waals surface area (Å²) in [6.45, 7) is 2.85. The second kappa shape index (κ2) is 7.02. The van der Waals surface area contributed by atoms with E-state index in [4.69, 9.17) is 18.1 Å². The van der Waals surface area contributed by atoms with E-state index < -0.39 is 0 Å². The van der Waals surface area contributed by atoms with Gasteiger partial charge in [0.15, 0.2) is 5.76 Å². The van der Waals surface area contributed by atoms with Crippen LogP contribution in [0.15, 0.2) is 50.1 Å². The van der Waals surface area contributed by atoms with Crippen molar-refractivity contribution in [3.63, 3.8) is 0 Å². The van der Waals surface area contributed by atoms with Crippen LogP contribution in [0.1, 0.15) is 24.5 Å². The molecule has 0 spiro atoms. The van der Waals surface area contributed by atoms with Crippen molar-refractivity contribution in [2.45, 2.75) is 32.0 Å². The fourth-order valence-corrected chi connectivity index (χ4v) is 2.90. The maximum absolute atomic E-state index is 5.75. The number of furan rings is 2. The number of hydrogen-bond acceptors (Lipinski definition) is 7. The Morgan fingerprint density at radius 1 is 1.12 bits per heavy atom. The zero-order valence-corrected chi connectivity index (χ0v) is 13.3. The highest BCUT2D eigenvalue weighted by Gasteiger charge is 2.22. The maximum atomic E-state index is 5.75. The molecule has 126 valence electrons. The quantitative estimate of drug-likeness (QED) is 0.659. The lowest BCUT2D eigenvalue weighted by molar-refractivity contribution is 0.0615. The minimum Gasteiger partial charge on any atom is -0.468 e. The highest BCUT2D eigenvalue weighted by Crippen LogP contribution is 2.19. The second-order valence-corrected chi connectivity index (χ2v) is 5.87. The first kappa shape index (κ1) is 15.2. The van der Waals surface area contributed by atoms with Crippen LogP contribution in [-0.2, 0) is 17.8 Å². The van der Waals surface area contributed by atoms with Gasteiger partial charge in [-0.2, -0.15) is 4.98 Å². The lowest BCUT2D eigenvalue weighted by Crippen LogP contribution is -2.31. The fraction of sp³-hybridized carbons (Fsp3) is 0.412. The van der Waals surface area contributed by atoms with E-state index in [2.05, 4.69) is 15.0 Å². The maximum Gasteiger partial charge on any atom is 0.241 e. The summed E-state index contributed by atoms with van der Waals surface area (Å²) in [6, 6.07) is 7.46. The highest BCUT2D eigenvalue weighted by molar-refractivity contribution is 5.44. The molecule has 0 aromatic carbocycles. The van der Waals surface area contributed by atoms with Gasteiger partial charge in [-0.3, -0.25) is 4.90 Å². The Kier molecular flexibility index (Phi) is 4.44. The van der Waals surface area contributed by atoms with Crippen LogP contribution in [0.3, 0.4) is 0 Å². The third-order valence-corrected chi connectivity index (χ3v) is 4.01. The van der Waals surface area contributed by atoms with Gasteiger partial charge in [-0.15, -0.1) is 0 Å². The predicted molar refractivity (Wildman–Crippen MR) is 83.8 cm³/mol. The third kappa shape index (κ3) is 3.58.